The van der Waals surface area contributed by atoms with E-state index >= 15 is 0 Å². The zero-order valence-corrected chi connectivity index (χ0v) is 17.5. The van der Waals surface area contributed by atoms with E-state index in [4.69, 9.17) is 11.6 Å². The molecule has 0 unspecified atom stereocenters. The number of nitrogens with zero attached hydrogens (tertiary/aromatic N) is 2. The predicted octanol–water partition coefficient (Wildman–Crippen LogP) is 3.68. The first-order valence-electron chi connectivity index (χ1n) is 10.3. The minimum absolute atomic E-state index is 0.0829. The van der Waals surface area contributed by atoms with Gasteiger partial charge in [-0.25, -0.2) is 4.39 Å². The summed E-state index contributed by atoms with van der Waals surface area (Å²) in [6, 6.07) is 13.6. The number of amides is 2. The fourth-order valence-electron chi connectivity index (χ4n) is 4.31. The maximum atomic E-state index is 13.7. The van der Waals surface area contributed by atoms with Gasteiger partial charge in [-0.3, -0.25) is 14.5 Å². The minimum Gasteiger partial charge on any atom is -0.339 e. The summed E-state index contributed by atoms with van der Waals surface area (Å²) >= 11 is 6.09. The van der Waals surface area contributed by atoms with Gasteiger partial charge >= 0.3 is 0 Å². The lowest BCUT2D eigenvalue weighted by Crippen LogP contribution is -2.57. The Morgan fingerprint density at radius 2 is 1.77 bits per heavy atom. The molecule has 30 heavy (non-hydrogen) atoms. The van der Waals surface area contributed by atoms with Crippen LogP contribution in [0.4, 0.5) is 10.1 Å². The van der Waals surface area contributed by atoms with Gasteiger partial charge in [0.2, 0.25) is 11.8 Å². The first-order valence-corrected chi connectivity index (χ1v) is 10.7. The van der Waals surface area contributed by atoms with Crippen LogP contribution >= 0.6 is 11.6 Å². The van der Waals surface area contributed by atoms with Gasteiger partial charge in [0.15, 0.2) is 0 Å². The van der Waals surface area contributed by atoms with E-state index in [1.54, 1.807) is 18.2 Å². The van der Waals surface area contributed by atoms with Crippen molar-refractivity contribution in [3.05, 3.63) is 64.9 Å². The lowest BCUT2D eigenvalue weighted by Gasteiger charge is -2.46. The van der Waals surface area contributed by atoms with Gasteiger partial charge in [-0.15, -0.1) is 0 Å². The summed E-state index contributed by atoms with van der Waals surface area (Å²) < 4.78 is 13.7. The van der Waals surface area contributed by atoms with Crippen molar-refractivity contribution in [2.45, 2.75) is 24.7 Å². The number of hydrogen-bond donors (Lipinski definition) is 1. The van der Waals surface area contributed by atoms with Crippen LogP contribution < -0.4 is 5.32 Å². The molecular formula is C23H25ClFN3O2. The van der Waals surface area contributed by atoms with Crippen LogP contribution in [-0.2, 0) is 15.0 Å². The standard InChI is InChI=1S/C23H25ClFN3O2/c24-19-7-1-2-8-20(19)26-21(29)16-27-11-13-28(14-12-27)22(30)23(9-4-10-23)17-5-3-6-18(25)15-17/h1-3,5-8,15H,4,9-14,16H2,(H,26,29). The second-order valence-electron chi connectivity index (χ2n) is 8.04. The molecule has 1 saturated carbocycles. The molecule has 0 bridgehead atoms. The summed E-state index contributed by atoms with van der Waals surface area (Å²) in [7, 11) is 0. The van der Waals surface area contributed by atoms with Crippen molar-refractivity contribution < 1.29 is 14.0 Å². The Hall–Kier alpha value is -2.44. The minimum atomic E-state index is -0.592. The van der Waals surface area contributed by atoms with Crippen LogP contribution in [0.1, 0.15) is 24.8 Å². The van der Waals surface area contributed by atoms with Gasteiger partial charge in [0, 0.05) is 26.2 Å². The van der Waals surface area contributed by atoms with Crippen LogP contribution in [-0.4, -0.2) is 54.3 Å². The van der Waals surface area contributed by atoms with Gasteiger partial charge in [-0.05, 0) is 42.7 Å². The SMILES string of the molecule is O=C(CN1CCN(C(=O)C2(c3cccc(F)c3)CCC2)CC1)Nc1ccccc1Cl. The zero-order valence-electron chi connectivity index (χ0n) is 16.7. The number of para-hydroxylation sites is 1. The highest BCUT2D eigenvalue weighted by Gasteiger charge is 2.48. The molecule has 2 aliphatic rings. The quantitative estimate of drug-likeness (QED) is 0.788. The van der Waals surface area contributed by atoms with Crippen LogP contribution in [0.2, 0.25) is 5.02 Å². The highest BCUT2D eigenvalue weighted by atomic mass is 35.5. The van der Waals surface area contributed by atoms with E-state index in [-0.39, 0.29) is 24.2 Å². The number of benzene rings is 2. The molecule has 1 heterocycles. The van der Waals surface area contributed by atoms with Crippen LogP contribution in [0.5, 0.6) is 0 Å². The van der Waals surface area contributed by atoms with E-state index in [2.05, 4.69) is 5.32 Å². The van der Waals surface area contributed by atoms with Crippen molar-refractivity contribution in [3.63, 3.8) is 0 Å². The van der Waals surface area contributed by atoms with E-state index in [0.29, 0.717) is 36.9 Å². The van der Waals surface area contributed by atoms with E-state index in [0.717, 1.165) is 24.8 Å². The smallest absolute Gasteiger partial charge is 0.238 e. The number of halogens is 2. The number of anilines is 1. The van der Waals surface area contributed by atoms with Gasteiger partial charge in [-0.1, -0.05) is 42.3 Å². The third kappa shape index (κ3) is 4.20. The Bertz CT molecular complexity index is 940. The van der Waals surface area contributed by atoms with Crippen LogP contribution in [0, 0.1) is 5.82 Å². The Morgan fingerprint density at radius 1 is 1.03 bits per heavy atom. The normalized spacial score (nSPS) is 18.5. The molecular weight excluding hydrogens is 405 g/mol. The molecule has 4 rings (SSSR count). The van der Waals surface area contributed by atoms with Gasteiger partial charge < -0.3 is 10.2 Å². The summed E-state index contributed by atoms with van der Waals surface area (Å²) in [4.78, 5) is 29.6. The lowest BCUT2D eigenvalue weighted by atomic mass is 9.63. The van der Waals surface area contributed by atoms with E-state index < -0.39 is 5.41 Å². The molecule has 7 heteroatoms. The van der Waals surface area contributed by atoms with E-state index in [1.807, 2.05) is 28.0 Å². The van der Waals surface area contributed by atoms with Gasteiger partial charge in [0.1, 0.15) is 5.82 Å². The maximum absolute atomic E-state index is 13.7. The highest BCUT2D eigenvalue weighted by Crippen LogP contribution is 2.45. The summed E-state index contributed by atoms with van der Waals surface area (Å²) in [6.45, 7) is 2.63. The van der Waals surface area contributed by atoms with Gasteiger partial charge in [0.05, 0.1) is 22.7 Å². The summed E-state index contributed by atoms with van der Waals surface area (Å²) in [5.74, 6) is -0.349. The average molecular weight is 430 g/mol. The molecule has 0 aromatic heterocycles. The zero-order chi connectivity index (χ0) is 21.1. The Kier molecular flexibility index (Phi) is 6.06. The Labute approximate surface area is 180 Å². The number of hydrogen-bond acceptors (Lipinski definition) is 3. The highest BCUT2D eigenvalue weighted by molar-refractivity contribution is 6.33. The molecule has 0 atom stereocenters. The molecule has 1 aliphatic heterocycles. The maximum Gasteiger partial charge on any atom is 0.238 e. The van der Waals surface area contributed by atoms with E-state index in [9.17, 15) is 14.0 Å². The Morgan fingerprint density at radius 3 is 2.40 bits per heavy atom. The number of piperazine rings is 1. The average Bonchev–Trinajstić information content (AvgIpc) is 2.69. The molecule has 0 radical (unpaired) electrons. The third-order valence-corrected chi connectivity index (χ3v) is 6.50. The summed E-state index contributed by atoms with van der Waals surface area (Å²) in [6.07, 6.45) is 2.50. The van der Waals surface area contributed by atoms with Crippen molar-refractivity contribution in [1.29, 1.82) is 0 Å². The molecule has 1 aliphatic carbocycles. The summed E-state index contributed by atoms with van der Waals surface area (Å²) in [5, 5.41) is 3.34. The molecule has 2 aromatic rings. The topological polar surface area (TPSA) is 52.7 Å². The predicted molar refractivity (Wildman–Crippen MR) is 115 cm³/mol. The lowest BCUT2D eigenvalue weighted by molar-refractivity contribution is -0.142. The molecule has 2 fully saturated rings. The molecule has 2 aromatic carbocycles. The first-order chi connectivity index (χ1) is 14.5. The fourth-order valence-corrected chi connectivity index (χ4v) is 4.49. The molecule has 158 valence electrons. The number of nitrogens with one attached hydrogen (secondary N) is 1. The molecule has 1 saturated heterocycles. The largest absolute Gasteiger partial charge is 0.339 e. The molecule has 2 amide bonds. The molecule has 1 N–H and O–H groups in total. The third-order valence-electron chi connectivity index (χ3n) is 6.17. The summed E-state index contributed by atoms with van der Waals surface area (Å²) in [5.41, 5.74) is 0.784. The number of carbonyl (C=O) groups excluding carboxylic acids is 2. The first kappa shape index (κ1) is 20.8. The second kappa shape index (κ2) is 8.74. The van der Waals surface area contributed by atoms with Crippen LogP contribution in [0.15, 0.2) is 48.5 Å². The Balaban J connectivity index is 1.33. The molecule has 0 spiro atoms. The monoisotopic (exact) mass is 429 g/mol. The van der Waals surface area contributed by atoms with Gasteiger partial charge in [-0.2, -0.15) is 0 Å². The second-order valence-corrected chi connectivity index (χ2v) is 8.45. The fraction of sp³-hybridized carbons (Fsp3) is 0.391. The van der Waals surface area contributed by atoms with Crippen molar-refractivity contribution in [2.75, 3.05) is 38.0 Å². The molecule has 5 nitrogen and oxygen atoms in total. The van der Waals surface area contributed by atoms with Crippen molar-refractivity contribution in [3.8, 4) is 0 Å². The number of rotatable bonds is 5. The van der Waals surface area contributed by atoms with Crippen LogP contribution in [0.25, 0.3) is 0 Å². The van der Waals surface area contributed by atoms with E-state index in [1.165, 1.54) is 12.1 Å². The van der Waals surface area contributed by atoms with Gasteiger partial charge in [0.25, 0.3) is 0 Å². The van der Waals surface area contributed by atoms with Crippen molar-refractivity contribution in [1.82, 2.24) is 9.80 Å². The van der Waals surface area contributed by atoms with Crippen molar-refractivity contribution >= 4 is 29.1 Å². The number of carbonyl (C=O) groups is 2. The van der Waals surface area contributed by atoms with Crippen LogP contribution in [0.3, 0.4) is 0 Å². The van der Waals surface area contributed by atoms with Crippen molar-refractivity contribution in [2.24, 2.45) is 0 Å².